The Hall–Kier alpha value is -2.90. The summed E-state index contributed by atoms with van der Waals surface area (Å²) in [4.78, 5) is 31.1. The Balaban J connectivity index is 1.99. The maximum Gasteiger partial charge on any atom is 0.330 e. The van der Waals surface area contributed by atoms with Crippen molar-refractivity contribution in [1.82, 2.24) is 19.1 Å². The number of rotatable bonds is 6. The standard InChI is InChI=1S/C17H20FN5O2/c1-3-4-8-23-15-14(16(24)21-17(23)25)22(2)13(20-15)10-19-12-7-5-6-11(18)9-12/h5-7,9,19H,3-4,8,10H2,1-2H3,(H,21,24,25). The van der Waals surface area contributed by atoms with Crippen molar-refractivity contribution in [2.24, 2.45) is 7.05 Å². The molecule has 0 radical (unpaired) electrons. The summed E-state index contributed by atoms with van der Waals surface area (Å²) in [5, 5.41) is 3.08. The molecule has 1 aromatic carbocycles. The van der Waals surface area contributed by atoms with Crippen LogP contribution in [0.15, 0.2) is 33.9 Å². The molecular formula is C17H20FN5O2. The molecule has 0 aliphatic rings. The van der Waals surface area contributed by atoms with Crippen LogP contribution in [0, 0.1) is 5.82 Å². The number of aromatic nitrogens is 4. The Morgan fingerprint density at radius 2 is 2.12 bits per heavy atom. The minimum absolute atomic E-state index is 0.302. The molecule has 0 saturated carbocycles. The van der Waals surface area contributed by atoms with Gasteiger partial charge in [0.05, 0.1) is 6.54 Å². The zero-order valence-electron chi connectivity index (χ0n) is 14.2. The van der Waals surface area contributed by atoms with E-state index < -0.39 is 11.2 Å². The van der Waals surface area contributed by atoms with Crippen molar-refractivity contribution in [1.29, 1.82) is 0 Å². The number of unbranched alkanes of at least 4 members (excludes halogenated alkanes) is 1. The Bertz CT molecular complexity index is 1020. The largest absolute Gasteiger partial charge is 0.378 e. The summed E-state index contributed by atoms with van der Waals surface area (Å²) < 4.78 is 16.4. The lowest BCUT2D eigenvalue weighted by Crippen LogP contribution is -2.31. The number of H-pyrrole nitrogens is 1. The first-order valence-electron chi connectivity index (χ1n) is 8.19. The normalized spacial score (nSPS) is 11.2. The van der Waals surface area contributed by atoms with Crippen LogP contribution in [-0.4, -0.2) is 19.1 Å². The van der Waals surface area contributed by atoms with Crippen LogP contribution in [0.3, 0.4) is 0 Å². The van der Waals surface area contributed by atoms with Gasteiger partial charge in [0.25, 0.3) is 5.56 Å². The highest BCUT2D eigenvalue weighted by Gasteiger charge is 2.16. The smallest absolute Gasteiger partial charge is 0.330 e. The van der Waals surface area contributed by atoms with Crippen molar-refractivity contribution in [2.45, 2.75) is 32.9 Å². The molecule has 2 heterocycles. The molecule has 7 nitrogen and oxygen atoms in total. The molecule has 0 atom stereocenters. The Morgan fingerprint density at radius 3 is 2.84 bits per heavy atom. The summed E-state index contributed by atoms with van der Waals surface area (Å²) in [6.07, 6.45) is 1.74. The molecule has 0 fully saturated rings. The van der Waals surface area contributed by atoms with Crippen molar-refractivity contribution in [3.63, 3.8) is 0 Å². The van der Waals surface area contributed by atoms with Crippen molar-refractivity contribution in [3.8, 4) is 0 Å². The second-order valence-corrected chi connectivity index (χ2v) is 5.89. The summed E-state index contributed by atoms with van der Waals surface area (Å²) >= 11 is 0. The van der Waals surface area contributed by atoms with Gasteiger partial charge in [-0.2, -0.15) is 0 Å². The lowest BCUT2D eigenvalue weighted by atomic mass is 10.3. The summed E-state index contributed by atoms with van der Waals surface area (Å²) in [7, 11) is 1.72. The topological polar surface area (TPSA) is 84.7 Å². The van der Waals surface area contributed by atoms with Gasteiger partial charge >= 0.3 is 5.69 Å². The van der Waals surface area contributed by atoms with E-state index in [1.165, 1.54) is 16.7 Å². The van der Waals surface area contributed by atoms with Gasteiger partial charge in [0.2, 0.25) is 0 Å². The van der Waals surface area contributed by atoms with Gasteiger partial charge in [0.1, 0.15) is 11.6 Å². The van der Waals surface area contributed by atoms with E-state index in [-0.39, 0.29) is 5.82 Å². The molecule has 3 aromatic rings. The molecule has 0 bridgehead atoms. The van der Waals surface area contributed by atoms with Crippen LogP contribution in [0.1, 0.15) is 25.6 Å². The maximum atomic E-state index is 13.3. The number of halogens is 1. The van der Waals surface area contributed by atoms with E-state index in [2.05, 4.69) is 15.3 Å². The lowest BCUT2D eigenvalue weighted by Gasteiger charge is -2.06. The number of imidazole rings is 1. The molecule has 3 rings (SSSR count). The first kappa shape index (κ1) is 16.9. The van der Waals surface area contributed by atoms with Gasteiger partial charge in [-0.3, -0.25) is 14.3 Å². The third-order valence-electron chi connectivity index (χ3n) is 4.12. The monoisotopic (exact) mass is 345 g/mol. The molecule has 0 saturated heterocycles. The minimum Gasteiger partial charge on any atom is -0.378 e. The zero-order chi connectivity index (χ0) is 18.0. The fourth-order valence-electron chi connectivity index (χ4n) is 2.75. The van der Waals surface area contributed by atoms with Crippen LogP contribution in [0.4, 0.5) is 10.1 Å². The van der Waals surface area contributed by atoms with Gasteiger partial charge in [-0.1, -0.05) is 19.4 Å². The van der Waals surface area contributed by atoms with Crippen molar-refractivity contribution in [3.05, 3.63) is 56.7 Å². The van der Waals surface area contributed by atoms with E-state index >= 15 is 0 Å². The van der Waals surface area contributed by atoms with E-state index in [4.69, 9.17) is 0 Å². The van der Waals surface area contributed by atoms with Crippen LogP contribution in [0.2, 0.25) is 0 Å². The van der Waals surface area contributed by atoms with Crippen LogP contribution in [-0.2, 0) is 20.1 Å². The SMILES string of the molecule is CCCCn1c(=O)[nH]c(=O)c2c1nc(CNc1cccc(F)c1)n2C. The number of nitrogens with zero attached hydrogens (tertiary/aromatic N) is 3. The number of fused-ring (bicyclic) bond motifs is 1. The van der Waals surface area contributed by atoms with Crippen LogP contribution >= 0.6 is 0 Å². The summed E-state index contributed by atoms with van der Waals surface area (Å²) in [5.74, 6) is 0.250. The Kier molecular flexibility index (Phi) is 4.69. The first-order valence-corrected chi connectivity index (χ1v) is 8.19. The number of aryl methyl sites for hydroxylation is 2. The van der Waals surface area contributed by atoms with Gasteiger partial charge in [0.15, 0.2) is 11.2 Å². The van der Waals surface area contributed by atoms with Crippen LogP contribution in [0.25, 0.3) is 11.2 Å². The van der Waals surface area contributed by atoms with E-state index in [0.29, 0.717) is 35.8 Å². The first-order chi connectivity index (χ1) is 12.0. The highest BCUT2D eigenvalue weighted by molar-refractivity contribution is 5.70. The van der Waals surface area contributed by atoms with Crippen molar-refractivity contribution < 1.29 is 4.39 Å². The second kappa shape index (κ2) is 6.92. The molecule has 0 aliphatic carbocycles. The maximum absolute atomic E-state index is 13.3. The molecule has 2 N–H and O–H groups in total. The number of hydrogen-bond donors (Lipinski definition) is 2. The summed E-state index contributed by atoms with van der Waals surface area (Å²) in [6, 6.07) is 6.11. The van der Waals surface area contributed by atoms with Gasteiger partial charge in [-0.25, -0.2) is 14.2 Å². The predicted molar refractivity (Wildman–Crippen MR) is 94.2 cm³/mol. The minimum atomic E-state index is -0.459. The predicted octanol–water partition coefficient (Wildman–Crippen LogP) is 1.97. The number of benzene rings is 1. The average Bonchev–Trinajstić information content (AvgIpc) is 2.90. The molecule has 0 amide bonds. The number of aromatic amines is 1. The molecule has 2 aromatic heterocycles. The van der Waals surface area contributed by atoms with E-state index in [0.717, 1.165) is 12.8 Å². The van der Waals surface area contributed by atoms with Gasteiger partial charge in [0, 0.05) is 19.3 Å². The van der Waals surface area contributed by atoms with Crippen molar-refractivity contribution in [2.75, 3.05) is 5.32 Å². The molecule has 8 heteroatoms. The zero-order valence-corrected chi connectivity index (χ0v) is 14.2. The lowest BCUT2D eigenvalue weighted by molar-refractivity contribution is 0.613. The van der Waals surface area contributed by atoms with Gasteiger partial charge < -0.3 is 9.88 Å². The third kappa shape index (κ3) is 3.33. The van der Waals surface area contributed by atoms with Gasteiger partial charge in [-0.15, -0.1) is 0 Å². The average molecular weight is 345 g/mol. The highest BCUT2D eigenvalue weighted by Crippen LogP contribution is 2.14. The van der Waals surface area contributed by atoms with Crippen LogP contribution < -0.4 is 16.6 Å². The fraction of sp³-hybridized carbons (Fsp3) is 0.353. The quantitative estimate of drug-likeness (QED) is 0.715. The highest BCUT2D eigenvalue weighted by atomic mass is 19.1. The van der Waals surface area contributed by atoms with Crippen molar-refractivity contribution >= 4 is 16.9 Å². The number of hydrogen-bond acceptors (Lipinski definition) is 4. The Labute approximate surface area is 143 Å². The molecule has 0 unspecified atom stereocenters. The molecule has 0 spiro atoms. The number of anilines is 1. The third-order valence-corrected chi connectivity index (χ3v) is 4.12. The molecule has 0 aliphatic heterocycles. The molecular weight excluding hydrogens is 325 g/mol. The second-order valence-electron chi connectivity index (χ2n) is 5.89. The van der Waals surface area contributed by atoms with E-state index in [1.54, 1.807) is 23.7 Å². The summed E-state index contributed by atoms with van der Waals surface area (Å²) in [5.41, 5.74) is 0.435. The van der Waals surface area contributed by atoms with Gasteiger partial charge in [-0.05, 0) is 24.6 Å². The summed E-state index contributed by atoms with van der Waals surface area (Å²) in [6.45, 7) is 2.83. The molecule has 25 heavy (non-hydrogen) atoms. The number of nitrogens with one attached hydrogen (secondary N) is 2. The van der Waals surface area contributed by atoms with E-state index in [1.807, 2.05) is 6.92 Å². The molecule has 132 valence electrons. The fourth-order valence-corrected chi connectivity index (χ4v) is 2.75. The van der Waals surface area contributed by atoms with E-state index in [9.17, 15) is 14.0 Å². The van der Waals surface area contributed by atoms with Crippen LogP contribution in [0.5, 0.6) is 0 Å². The Morgan fingerprint density at radius 1 is 1.32 bits per heavy atom.